The second-order valence-electron chi connectivity index (χ2n) is 10.5. The highest BCUT2D eigenvalue weighted by Gasteiger charge is 2.67. The summed E-state index contributed by atoms with van der Waals surface area (Å²) in [5.41, 5.74) is 0.793. The van der Waals surface area contributed by atoms with Crippen molar-refractivity contribution in [1.29, 1.82) is 0 Å². The first-order valence-corrected chi connectivity index (χ1v) is 11.4. The highest BCUT2D eigenvalue weighted by atomic mass is 16.7. The van der Waals surface area contributed by atoms with E-state index in [2.05, 4.69) is 20.8 Å². The summed E-state index contributed by atoms with van der Waals surface area (Å²) >= 11 is 0. The van der Waals surface area contributed by atoms with E-state index in [1.54, 1.807) is 0 Å². The van der Waals surface area contributed by atoms with Gasteiger partial charge >= 0.3 is 0 Å². The first-order chi connectivity index (χ1) is 12.5. The highest BCUT2D eigenvalue weighted by Crippen LogP contribution is 2.69. The molecule has 1 spiro atoms. The van der Waals surface area contributed by atoms with Crippen molar-refractivity contribution < 1.29 is 14.2 Å². The Morgan fingerprint density at radius 2 is 1.65 bits per heavy atom. The van der Waals surface area contributed by atoms with E-state index in [-0.39, 0.29) is 11.2 Å². The van der Waals surface area contributed by atoms with Gasteiger partial charge in [-0.25, -0.2) is 0 Å². The second-order valence-corrected chi connectivity index (χ2v) is 10.5. The maximum atomic E-state index is 6.29. The van der Waals surface area contributed by atoms with Gasteiger partial charge < -0.3 is 14.2 Å². The molecular weight excluding hydrogens is 324 g/mol. The Labute approximate surface area is 159 Å². The normalized spacial score (nSPS) is 52.5. The lowest BCUT2D eigenvalue weighted by Gasteiger charge is -2.61. The fraction of sp³-hybridized carbons (Fsp3) is 1.00. The summed E-state index contributed by atoms with van der Waals surface area (Å²) in [4.78, 5) is 0. The molecular formula is C23H38O3. The van der Waals surface area contributed by atoms with Crippen LogP contribution < -0.4 is 0 Å². The minimum absolute atomic E-state index is 0.243. The van der Waals surface area contributed by atoms with Gasteiger partial charge in [0.15, 0.2) is 5.79 Å². The predicted octanol–water partition coefficient (Wildman–Crippen LogP) is 5.18. The largest absolute Gasteiger partial charge is 0.378 e. The van der Waals surface area contributed by atoms with E-state index in [0.717, 1.165) is 49.9 Å². The zero-order valence-corrected chi connectivity index (χ0v) is 17.1. The van der Waals surface area contributed by atoms with Crippen molar-refractivity contribution in [2.24, 2.45) is 34.5 Å². The van der Waals surface area contributed by atoms with E-state index in [0.29, 0.717) is 11.5 Å². The van der Waals surface area contributed by atoms with Crippen LogP contribution in [0.1, 0.15) is 78.6 Å². The standard InChI is InChI=1S/C23H38O3/c1-4-24-17-7-10-21(2)16(15-17)5-6-18-19(21)8-11-22(3)20(18)9-12-23(22)25-13-14-26-23/h16-20H,4-15H2,1-3H3/t16?,17-,18-,19+,20+,21+,22+/m1/s1. The summed E-state index contributed by atoms with van der Waals surface area (Å²) in [7, 11) is 0. The SMILES string of the molecule is CCO[C@@H]1CC[C@@]2(C)C(CC[C@@H]3[C@@H]2CC[C@@]2(C)[C@H]3CCC23OCCO3)C1. The van der Waals surface area contributed by atoms with E-state index in [1.165, 1.54) is 51.4 Å². The average Bonchev–Trinajstić information content (AvgIpc) is 3.22. The Balaban J connectivity index is 1.39. The maximum absolute atomic E-state index is 6.29. The van der Waals surface area contributed by atoms with Crippen LogP contribution in [0.2, 0.25) is 0 Å². The molecule has 4 saturated carbocycles. The zero-order chi connectivity index (χ0) is 18.0. The van der Waals surface area contributed by atoms with Crippen LogP contribution in [0.4, 0.5) is 0 Å². The number of fused-ring (bicyclic) bond motifs is 6. The van der Waals surface area contributed by atoms with Crippen molar-refractivity contribution in [3.63, 3.8) is 0 Å². The highest BCUT2D eigenvalue weighted by molar-refractivity contribution is 5.12. The van der Waals surface area contributed by atoms with Gasteiger partial charge in [-0.15, -0.1) is 0 Å². The summed E-state index contributed by atoms with van der Waals surface area (Å²) in [6.45, 7) is 9.78. The van der Waals surface area contributed by atoms with Gasteiger partial charge in [-0.2, -0.15) is 0 Å². The number of rotatable bonds is 2. The Morgan fingerprint density at radius 3 is 2.42 bits per heavy atom. The molecule has 0 aromatic carbocycles. The van der Waals surface area contributed by atoms with Gasteiger partial charge in [0.25, 0.3) is 0 Å². The van der Waals surface area contributed by atoms with E-state index in [1.807, 2.05) is 0 Å². The maximum Gasteiger partial charge on any atom is 0.174 e. The van der Waals surface area contributed by atoms with Crippen LogP contribution in [0.25, 0.3) is 0 Å². The third kappa shape index (κ3) is 2.29. The van der Waals surface area contributed by atoms with Crippen molar-refractivity contribution in [3.8, 4) is 0 Å². The molecule has 0 aromatic rings. The fourth-order valence-electron chi connectivity index (χ4n) is 8.49. The average molecular weight is 363 g/mol. The summed E-state index contributed by atoms with van der Waals surface area (Å²) in [5.74, 6) is 3.26. The number of ether oxygens (including phenoxy) is 3. The minimum atomic E-state index is -0.243. The molecule has 1 heterocycles. The van der Waals surface area contributed by atoms with E-state index >= 15 is 0 Å². The molecule has 1 aliphatic heterocycles. The molecule has 3 nitrogen and oxygen atoms in total. The van der Waals surface area contributed by atoms with Gasteiger partial charge in [-0.1, -0.05) is 13.8 Å². The van der Waals surface area contributed by atoms with E-state index in [9.17, 15) is 0 Å². The lowest BCUT2D eigenvalue weighted by Crippen LogP contribution is -2.57. The van der Waals surface area contributed by atoms with Crippen molar-refractivity contribution in [2.75, 3.05) is 19.8 Å². The lowest BCUT2D eigenvalue weighted by molar-refractivity contribution is -0.248. The third-order valence-corrected chi connectivity index (χ3v) is 9.82. The van der Waals surface area contributed by atoms with E-state index < -0.39 is 0 Å². The molecule has 7 atom stereocenters. The molecule has 1 unspecified atom stereocenters. The van der Waals surface area contributed by atoms with Gasteiger partial charge in [0, 0.05) is 18.4 Å². The summed E-state index contributed by atoms with van der Waals surface area (Å²) < 4.78 is 18.6. The first-order valence-electron chi connectivity index (χ1n) is 11.4. The monoisotopic (exact) mass is 362 g/mol. The molecule has 4 aliphatic carbocycles. The molecule has 5 rings (SSSR count). The zero-order valence-electron chi connectivity index (χ0n) is 17.1. The lowest BCUT2D eigenvalue weighted by atomic mass is 9.45. The van der Waals surface area contributed by atoms with Crippen LogP contribution in [0.3, 0.4) is 0 Å². The molecule has 0 bridgehead atoms. The molecule has 0 radical (unpaired) electrons. The molecule has 5 fully saturated rings. The fourth-order valence-corrected chi connectivity index (χ4v) is 8.49. The Bertz CT molecular complexity index is 542. The molecule has 1 saturated heterocycles. The van der Waals surface area contributed by atoms with Gasteiger partial charge in [-0.05, 0) is 87.4 Å². The van der Waals surface area contributed by atoms with Crippen LogP contribution in [-0.4, -0.2) is 31.7 Å². The molecule has 148 valence electrons. The van der Waals surface area contributed by atoms with Gasteiger partial charge in [0.1, 0.15) is 0 Å². The molecule has 5 aliphatic rings. The molecule has 26 heavy (non-hydrogen) atoms. The topological polar surface area (TPSA) is 27.7 Å². The predicted molar refractivity (Wildman–Crippen MR) is 102 cm³/mol. The van der Waals surface area contributed by atoms with Gasteiger partial charge in [-0.3, -0.25) is 0 Å². The first kappa shape index (κ1) is 17.9. The summed E-state index contributed by atoms with van der Waals surface area (Å²) in [6, 6.07) is 0. The number of hydrogen-bond donors (Lipinski definition) is 0. The van der Waals surface area contributed by atoms with Crippen LogP contribution in [0.15, 0.2) is 0 Å². The van der Waals surface area contributed by atoms with Crippen molar-refractivity contribution >= 4 is 0 Å². The quantitative estimate of drug-likeness (QED) is 0.677. The van der Waals surface area contributed by atoms with E-state index in [4.69, 9.17) is 14.2 Å². The smallest absolute Gasteiger partial charge is 0.174 e. The molecule has 0 aromatic heterocycles. The Morgan fingerprint density at radius 1 is 0.885 bits per heavy atom. The minimum Gasteiger partial charge on any atom is -0.378 e. The van der Waals surface area contributed by atoms with Crippen LogP contribution in [0.5, 0.6) is 0 Å². The van der Waals surface area contributed by atoms with Crippen molar-refractivity contribution in [1.82, 2.24) is 0 Å². The third-order valence-electron chi connectivity index (χ3n) is 9.82. The molecule has 0 N–H and O–H groups in total. The molecule has 3 heteroatoms. The van der Waals surface area contributed by atoms with Crippen LogP contribution >= 0.6 is 0 Å². The van der Waals surface area contributed by atoms with Crippen LogP contribution in [0, 0.1) is 34.5 Å². The van der Waals surface area contributed by atoms with Crippen molar-refractivity contribution in [2.45, 2.75) is 90.4 Å². The van der Waals surface area contributed by atoms with Gasteiger partial charge in [0.05, 0.1) is 19.3 Å². The summed E-state index contributed by atoms with van der Waals surface area (Å²) in [6.07, 6.45) is 12.5. The Kier molecular flexibility index (Phi) is 4.27. The van der Waals surface area contributed by atoms with Crippen LogP contribution in [-0.2, 0) is 14.2 Å². The molecule has 0 amide bonds. The summed E-state index contributed by atoms with van der Waals surface area (Å²) in [5, 5.41) is 0. The second kappa shape index (κ2) is 6.19. The number of hydrogen-bond acceptors (Lipinski definition) is 3. The van der Waals surface area contributed by atoms with Gasteiger partial charge in [0.2, 0.25) is 0 Å². The Hall–Kier alpha value is -0.120. The van der Waals surface area contributed by atoms with Crippen molar-refractivity contribution in [3.05, 3.63) is 0 Å².